The summed E-state index contributed by atoms with van der Waals surface area (Å²) >= 11 is 6.10. The number of fused-ring (bicyclic) bond motifs is 2. The van der Waals surface area contributed by atoms with Crippen LogP contribution in [0.3, 0.4) is 0 Å². The minimum atomic E-state index is -1.26. The van der Waals surface area contributed by atoms with Gasteiger partial charge in [0.15, 0.2) is 0 Å². The first-order valence-corrected chi connectivity index (χ1v) is 12.0. The summed E-state index contributed by atoms with van der Waals surface area (Å²) < 4.78 is 12.9. The van der Waals surface area contributed by atoms with Crippen molar-refractivity contribution in [1.29, 1.82) is 0 Å². The van der Waals surface area contributed by atoms with E-state index < -0.39 is 34.7 Å². The highest BCUT2D eigenvalue weighted by atomic mass is 35.5. The molecule has 1 heterocycles. The molecule has 198 valence electrons. The van der Waals surface area contributed by atoms with E-state index in [0.29, 0.717) is 35.9 Å². The van der Waals surface area contributed by atoms with Crippen LogP contribution in [0, 0.1) is 0 Å². The van der Waals surface area contributed by atoms with Crippen LogP contribution >= 0.6 is 11.6 Å². The Morgan fingerprint density at radius 2 is 1.41 bits per heavy atom. The first-order valence-electron chi connectivity index (χ1n) is 10.5. The summed E-state index contributed by atoms with van der Waals surface area (Å²) in [6, 6.07) is 13.6. The van der Waals surface area contributed by atoms with Crippen LogP contribution < -0.4 is 11.1 Å². The summed E-state index contributed by atoms with van der Waals surface area (Å²) in [5.41, 5.74) is 7.72. The van der Waals surface area contributed by atoms with Crippen LogP contribution in [-0.2, 0) is 36.4 Å². The standard InChI is InChI=1S/C16H17ClN2OS.2C4H4O4/c17-12-5-6-15-11(9-12)10-14(19-8-7-18)13-3-1-2-4-16(13)21(15)20;2*5-3(6)1-2-4(7)8/h1-6,9,14,19H,7-8,10,18H2;2*1-2H,(H,5,6)(H,7,8)/b;2*2-1+. The van der Waals surface area contributed by atoms with Gasteiger partial charge >= 0.3 is 23.9 Å². The molecule has 0 saturated heterocycles. The Morgan fingerprint density at radius 1 is 0.892 bits per heavy atom. The number of hydrogen-bond acceptors (Lipinski definition) is 7. The number of aliphatic carboxylic acids is 4. The highest BCUT2D eigenvalue weighted by molar-refractivity contribution is 7.85. The molecular formula is C24H25ClN2O9S. The molecule has 2 unspecified atom stereocenters. The Labute approximate surface area is 219 Å². The number of carboxylic acids is 4. The van der Waals surface area contributed by atoms with Gasteiger partial charge in [-0.05, 0) is 41.8 Å². The zero-order chi connectivity index (χ0) is 28.0. The number of carbonyl (C=O) groups is 4. The van der Waals surface area contributed by atoms with E-state index in [9.17, 15) is 23.4 Å². The monoisotopic (exact) mass is 552 g/mol. The summed E-state index contributed by atoms with van der Waals surface area (Å²) in [5.74, 6) is -5.03. The predicted octanol–water partition coefficient (Wildman–Crippen LogP) is 2.08. The molecule has 2 aromatic carbocycles. The number of nitrogens with one attached hydrogen (secondary N) is 1. The van der Waals surface area contributed by atoms with Gasteiger partial charge in [-0.15, -0.1) is 0 Å². The van der Waals surface area contributed by atoms with Gasteiger partial charge in [-0.3, -0.25) is 0 Å². The van der Waals surface area contributed by atoms with Crippen LogP contribution in [0.1, 0.15) is 17.2 Å². The van der Waals surface area contributed by atoms with Crippen molar-refractivity contribution in [2.75, 3.05) is 13.1 Å². The van der Waals surface area contributed by atoms with Gasteiger partial charge < -0.3 is 31.5 Å². The quantitative estimate of drug-likeness (QED) is 0.274. The Kier molecular flexibility index (Phi) is 13.5. The third kappa shape index (κ3) is 11.6. The van der Waals surface area contributed by atoms with Crippen LogP contribution in [0.25, 0.3) is 0 Å². The molecule has 0 fully saturated rings. The Balaban J connectivity index is 0.000000355. The largest absolute Gasteiger partial charge is 0.478 e. The zero-order valence-electron chi connectivity index (χ0n) is 19.2. The zero-order valence-corrected chi connectivity index (χ0v) is 20.8. The van der Waals surface area contributed by atoms with Gasteiger partial charge in [-0.1, -0.05) is 29.8 Å². The fourth-order valence-electron chi connectivity index (χ4n) is 3.00. The van der Waals surface area contributed by atoms with Crippen LogP contribution in [0.4, 0.5) is 0 Å². The second kappa shape index (κ2) is 16.0. The van der Waals surface area contributed by atoms with Crippen molar-refractivity contribution in [3.8, 4) is 0 Å². The minimum Gasteiger partial charge on any atom is -0.478 e. The average molecular weight is 553 g/mol. The molecule has 1 aliphatic heterocycles. The van der Waals surface area contributed by atoms with E-state index in [2.05, 4.69) is 5.32 Å². The highest BCUT2D eigenvalue weighted by Crippen LogP contribution is 2.35. The van der Waals surface area contributed by atoms with Crippen LogP contribution in [0.2, 0.25) is 5.02 Å². The van der Waals surface area contributed by atoms with Gasteiger partial charge in [0.25, 0.3) is 0 Å². The maximum Gasteiger partial charge on any atom is 0.328 e. The third-order valence-corrected chi connectivity index (χ3v) is 6.22. The normalized spacial score (nSPS) is 15.7. The van der Waals surface area contributed by atoms with E-state index in [-0.39, 0.29) is 6.04 Å². The van der Waals surface area contributed by atoms with Crippen LogP contribution in [0.5, 0.6) is 0 Å². The van der Waals surface area contributed by atoms with E-state index in [1.807, 2.05) is 36.4 Å². The maximum absolute atomic E-state index is 12.9. The molecule has 0 saturated carbocycles. The lowest BCUT2D eigenvalue weighted by Crippen LogP contribution is -2.28. The Morgan fingerprint density at radius 3 is 1.89 bits per heavy atom. The second-order valence-electron chi connectivity index (χ2n) is 7.08. The number of benzene rings is 2. The van der Waals surface area contributed by atoms with Gasteiger partial charge in [0.2, 0.25) is 0 Å². The second-order valence-corrected chi connectivity index (χ2v) is 8.93. The number of hydrogen-bond donors (Lipinski definition) is 6. The molecule has 0 radical (unpaired) electrons. The molecule has 7 N–H and O–H groups in total. The molecule has 2 atom stereocenters. The summed E-state index contributed by atoms with van der Waals surface area (Å²) in [7, 11) is -1.17. The third-order valence-electron chi connectivity index (χ3n) is 4.41. The summed E-state index contributed by atoms with van der Waals surface area (Å²) in [6.07, 6.45) is 2.99. The molecule has 2 aromatic rings. The van der Waals surface area contributed by atoms with Crippen molar-refractivity contribution in [2.45, 2.75) is 22.3 Å². The van der Waals surface area contributed by atoms with Gasteiger partial charge in [-0.2, -0.15) is 0 Å². The molecule has 0 spiro atoms. The molecule has 13 heteroatoms. The molecule has 0 aromatic heterocycles. The van der Waals surface area contributed by atoms with Gasteiger partial charge in [-0.25, -0.2) is 23.4 Å². The fourth-order valence-corrected chi connectivity index (χ4v) is 4.63. The van der Waals surface area contributed by atoms with E-state index in [0.717, 1.165) is 33.9 Å². The van der Waals surface area contributed by atoms with Gasteiger partial charge in [0, 0.05) is 58.2 Å². The number of halogens is 1. The minimum absolute atomic E-state index is 0.105. The first kappa shape index (κ1) is 31.2. The first-order chi connectivity index (χ1) is 17.5. The summed E-state index contributed by atoms with van der Waals surface area (Å²) in [5, 5.41) is 35.4. The van der Waals surface area contributed by atoms with Gasteiger partial charge in [0.05, 0.1) is 10.8 Å². The lowest BCUT2D eigenvalue weighted by Gasteiger charge is -2.18. The number of carboxylic acid groups (broad SMARTS) is 4. The lowest BCUT2D eigenvalue weighted by atomic mass is 9.99. The SMILES string of the molecule is NCCNC1Cc2cc(Cl)ccc2S(=O)c2ccccc21.O=C(O)/C=C/C(=O)O.O=C(O)/C=C/C(=O)O. The molecule has 0 aliphatic carbocycles. The molecule has 37 heavy (non-hydrogen) atoms. The van der Waals surface area contributed by atoms with E-state index >= 15 is 0 Å². The van der Waals surface area contributed by atoms with E-state index in [4.69, 9.17) is 37.8 Å². The Bertz CT molecular complexity index is 1150. The van der Waals surface area contributed by atoms with Crippen LogP contribution in [-0.4, -0.2) is 61.6 Å². The molecule has 0 bridgehead atoms. The van der Waals surface area contributed by atoms with E-state index in [1.54, 1.807) is 6.07 Å². The average Bonchev–Trinajstić information content (AvgIpc) is 2.95. The molecule has 0 amide bonds. The lowest BCUT2D eigenvalue weighted by molar-refractivity contribution is -0.134. The van der Waals surface area contributed by atoms with E-state index in [1.165, 1.54) is 0 Å². The number of rotatable bonds is 7. The maximum atomic E-state index is 12.9. The molecule has 3 rings (SSSR count). The van der Waals surface area contributed by atoms with Crippen molar-refractivity contribution >= 4 is 46.3 Å². The highest BCUT2D eigenvalue weighted by Gasteiger charge is 2.26. The van der Waals surface area contributed by atoms with Crippen molar-refractivity contribution in [3.63, 3.8) is 0 Å². The molecule has 11 nitrogen and oxygen atoms in total. The predicted molar refractivity (Wildman–Crippen MR) is 135 cm³/mol. The smallest absolute Gasteiger partial charge is 0.328 e. The van der Waals surface area contributed by atoms with Crippen molar-refractivity contribution in [3.05, 3.63) is 82.9 Å². The number of nitrogens with two attached hydrogens (primary N) is 1. The fraction of sp³-hybridized carbons (Fsp3) is 0.167. The summed E-state index contributed by atoms with van der Waals surface area (Å²) in [6.45, 7) is 1.30. The summed E-state index contributed by atoms with van der Waals surface area (Å²) in [4.78, 5) is 39.9. The molecule has 1 aliphatic rings. The Hall–Kier alpha value is -3.84. The topological polar surface area (TPSA) is 204 Å². The van der Waals surface area contributed by atoms with Gasteiger partial charge in [0.1, 0.15) is 0 Å². The van der Waals surface area contributed by atoms with Crippen LogP contribution in [0.15, 0.2) is 76.6 Å². The van der Waals surface area contributed by atoms with Crippen molar-refractivity contribution < 1.29 is 43.8 Å². The molecular weight excluding hydrogens is 528 g/mol. The van der Waals surface area contributed by atoms with Crippen molar-refractivity contribution in [2.24, 2.45) is 5.73 Å². The van der Waals surface area contributed by atoms with Crippen molar-refractivity contribution in [1.82, 2.24) is 5.32 Å².